The highest BCUT2D eigenvalue weighted by Crippen LogP contribution is 2.65. The fourth-order valence-electron chi connectivity index (χ4n) is 2.83. The molecule has 0 aliphatic heterocycles. The highest BCUT2D eigenvalue weighted by Gasteiger charge is 2.67. The molecule has 1 aliphatic rings. The largest absolute Gasteiger partial charge is 0.366 e. The Bertz CT molecular complexity index is 896. The summed E-state index contributed by atoms with van der Waals surface area (Å²) >= 11 is 30.5. The van der Waals surface area contributed by atoms with Gasteiger partial charge in [-0.1, -0.05) is 34.8 Å². The van der Waals surface area contributed by atoms with E-state index < -0.39 is 28.0 Å². The Morgan fingerprint density at radius 1 is 1.00 bits per heavy atom. The molecule has 1 aliphatic carbocycles. The van der Waals surface area contributed by atoms with Gasteiger partial charge in [-0.15, -0.1) is 23.2 Å². The van der Waals surface area contributed by atoms with Crippen molar-refractivity contribution in [2.45, 2.75) is 10.3 Å². The molecule has 0 heterocycles. The van der Waals surface area contributed by atoms with Crippen LogP contribution in [0.2, 0.25) is 15.1 Å². The highest BCUT2D eigenvalue weighted by molar-refractivity contribution is 6.53. The van der Waals surface area contributed by atoms with E-state index in [1.807, 2.05) is 0 Å². The van der Waals surface area contributed by atoms with Crippen LogP contribution in [-0.2, 0) is 4.79 Å². The van der Waals surface area contributed by atoms with Crippen molar-refractivity contribution in [3.05, 3.63) is 62.6 Å². The van der Waals surface area contributed by atoms with Crippen molar-refractivity contribution in [1.29, 1.82) is 0 Å². The van der Waals surface area contributed by atoms with Gasteiger partial charge in [0.05, 0.1) is 16.5 Å². The number of benzene rings is 2. The summed E-state index contributed by atoms with van der Waals surface area (Å²) < 4.78 is -1.29. The maximum Gasteiger partial charge on any atom is 0.250 e. The van der Waals surface area contributed by atoms with Crippen molar-refractivity contribution in [3.8, 4) is 0 Å². The predicted octanol–water partition coefficient (Wildman–Crippen LogP) is 5.27. The molecule has 0 bridgehead atoms. The lowest BCUT2D eigenvalue weighted by atomic mass is 10.1. The normalized spacial score (nSPS) is 20.5. The van der Waals surface area contributed by atoms with E-state index in [4.69, 9.17) is 63.7 Å². The summed E-state index contributed by atoms with van der Waals surface area (Å²) in [5, 5.41) is 3.71. The zero-order chi connectivity index (χ0) is 19.2. The number of nitrogens with two attached hydrogens (primary N) is 1. The fourth-order valence-corrected chi connectivity index (χ4v) is 4.42. The average molecular weight is 453 g/mol. The Morgan fingerprint density at radius 3 is 2.19 bits per heavy atom. The number of carbonyl (C=O) groups is 2. The number of nitrogens with one attached hydrogen (secondary N) is 1. The first-order valence-electron chi connectivity index (χ1n) is 7.35. The summed E-state index contributed by atoms with van der Waals surface area (Å²) in [7, 11) is 0. The molecule has 136 valence electrons. The number of anilines is 1. The molecular weight excluding hydrogens is 441 g/mol. The fraction of sp³-hybridized carbons (Fsp3) is 0.176. The molecule has 26 heavy (non-hydrogen) atoms. The van der Waals surface area contributed by atoms with Gasteiger partial charge in [0, 0.05) is 21.7 Å². The molecule has 3 rings (SSSR count). The number of hydrogen-bond donors (Lipinski definition) is 2. The predicted molar refractivity (Wildman–Crippen MR) is 106 cm³/mol. The first-order valence-corrected chi connectivity index (χ1v) is 9.24. The first kappa shape index (κ1) is 19.6. The van der Waals surface area contributed by atoms with Gasteiger partial charge in [-0.25, -0.2) is 0 Å². The molecule has 2 amide bonds. The van der Waals surface area contributed by atoms with Gasteiger partial charge >= 0.3 is 0 Å². The lowest BCUT2D eigenvalue weighted by Gasteiger charge is -2.07. The maximum atomic E-state index is 12.6. The molecule has 1 fully saturated rings. The van der Waals surface area contributed by atoms with Gasteiger partial charge in [-0.05, 0) is 42.0 Å². The minimum Gasteiger partial charge on any atom is -0.366 e. The third-order valence-corrected chi connectivity index (χ3v) is 5.79. The van der Waals surface area contributed by atoms with Crippen molar-refractivity contribution in [1.82, 2.24) is 0 Å². The molecule has 1 saturated carbocycles. The quantitative estimate of drug-likeness (QED) is 0.620. The van der Waals surface area contributed by atoms with Crippen molar-refractivity contribution < 1.29 is 9.59 Å². The number of carbonyl (C=O) groups excluding carboxylic acids is 2. The van der Waals surface area contributed by atoms with Crippen molar-refractivity contribution in [2.75, 3.05) is 5.32 Å². The number of alkyl halides is 2. The van der Waals surface area contributed by atoms with E-state index in [0.29, 0.717) is 21.3 Å². The third kappa shape index (κ3) is 3.75. The van der Waals surface area contributed by atoms with E-state index in [2.05, 4.69) is 5.32 Å². The van der Waals surface area contributed by atoms with Gasteiger partial charge < -0.3 is 11.1 Å². The minimum absolute atomic E-state index is 0.0986. The van der Waals surface area contributed by atoms with E-state index in [1.165, 1.54) is 12.1 Å². The van der Waals surface area contributed by atoms with E-state index >= 15 is 0 Å². The lowest BCUT2D eigenvalue weighted by Crippen LogP contribution is -2.18. The van der Waals surface area contributed by atoms with Crippen LogP contribution in [0.3, 0.4) is 0 Å². The second kappa shape index (κ2) is 7.10. The Morgan fingerprint density at radius 2 is 1.62 bits per heavy atom. The summed E-state index contributed by atoms with van der Waals surface area (Å²) in [5.74, 6) is -2.29. The molecule has 9 heteroatoms. The van der Waals surface area contributed by atoms with Crippen LogP contribution < -0.4 is 11.1 Å². The van der Waals surface area contributed by atoms with Crippen LogP contribution in [0, 0.1) is 5.92 Å². The second-order valence-corrected chi connectivity index (χ2v) is 8.61. The Balaban J connectivity index is 1.82. The standard InChI is InChI=1S/C17H11Cl5N2O2/c18-8-3-7(4-9(19)5-8)13-14(17(13,21)22)16(26)24-10-1-2-12(20)11(6-10)15(23)25/h1-6,13-14H,(H2,23,25)(H,24,26). The van der Waals surface area contributed by atoms with Crippen LogP contribution >= 0.6 is 58.0 Å². The highest BCUT2D eigenvalue weighted by atomic mass is 35.5. The second-order valence-electron chi connectivity index (χ2n) is 5.88. The summed E-state index contributed by atoms with van der Waals surface area (Å²) in [6.45, 7) is 0. The molecule has 0 spiro atoms. The molecule has 2 unspecified atom stereocenters. The molecule has 2 aromatic carbocycles. The number of amides is 2. The van der Waals surface area contributed by atoms with E-state index in [-0.39, 0.29) is 10.6 Å². The minimum atomic E-state index is -1.29. The van der Waals surface area contributed by atoms with Crippen LogP contribution in [0.25, 0.3) is 0 Å². The summed E-state index contributed by atoms with van der Waals surface area (Å²) in [4.78, 5) is 24.0. The lowest BCUT2D eigenvalue weighted by molar-refractivity contribution is -0.117. The zero-order valence-corrected chi connectivity index (χ0v) is 16.7. The zero-order valence-electron chi connectivity index (χ0n) is 12.9. The topological polar surface area (TPSA) is 72.2 Å². The van der Waals surface area contributed by atoms with Gasteiger partial charge in [0.1, 0.15) is 4.33 Å². The van der Waals surface area contributed by atoms with Gasteiger partial charge in [0.2, 0.25) is 11.8 Å². The number of hydrogen-bond acceptors (Lipinski definition) is 2. The Labute approximate surface area is 174 Å². The molecule has 2 atom stereocenters. The van der Waals surface area contributed by atoms with E-state index in [9.17, 15) is 9.59 Å². The van der Waals surface area contributed by atoms with Gasteiger partial charge in [0.25, 0.3) is 0 Å². The van der Waals surface area contributed by atoms with Gasteiger partial charge in [-0.2, -0.15) is 0 Å². The number of rotatable bonds is 4. The Kier molecular flexibility index (Phi) is 5.35. The van der Waals surface area contributed by atoms with Crippen LogP contribution in [0.15, 0.2) is 36.4 Å². The molecule has 0 aromatic heterocycles. The van der Waals surface area contributed by atoms with Gasteiger partial charge in [0.15, 0.2) is 0 Å². The summed E-state index contributed by atoms with van der Waals surface area (Å²) in [6.07, 6.45) is 0. The molecule has 2 aromatic rings. The van der Waals surface area contributed by atoms with E-state index in [1.54, 1.807) is 24.3 Å². The average Bonchev–Trinajstić information content (AvgIpc) is 3.10. The van der Waals surface area contributed by atoms with Gasteiger partial charge in [-0.3, -0.25) is 9.59 Å². The maximum absolute atomic E-state index is 12.6. The van der Waals surface area contributed by atoms with Crippen LogP contribution in [-0.4, -0.2) is 16.1 Å². The summed E-state index contributed by atoms with van der Waals surface area (Å²) in [5.41, 5.74) is 6.37. The first-order chi connectivity index (χ1) is 12.1. The van der Waals surface area contributed by atoms with Crippen LogP contribution in [0.4, 0.5) is 5.69 Å². The molecule has 0 saturated heterocycles. The Hall–Kier alpha value is -1.17. The van der Waals surface area contributed by atoms with Crippen molar-refractivity contribution in [2.24, 2.45) is 11.7 Å². The smallest absolute Gasteiger partial charge is 0.250 e. The van der Waals surface area contributed by atoms with Crippen molar-refractivity contribution >= 4 is 75.5 Å². The summed E-state index contributed by atoms with van der Waals surface area (Å²) in [6, 6.07) is 9.31. The van der Waals surface area contributed by atoms with Crippen molar-refractivity contribution in [3.63, 3.8) is 0 Å². The monoisotopic (exact) mass is 450 g/mol. The number of halogens is 5. The van der Waals surface area contributed by atoms with Crippen LogP contribution in [0.5, 0.6) is 0 Å². The molecule has 4 nitrogen and oxygen atoms in total. The SMILES string of the molecule is NC(=O)c1cc(NC(=O)C2C(c3cc(Cl)cc(Cl)c3)C2(Cl)Cl)ccc1Cl. The third-order valence-electron chi connectivity index (χ3n) is 4.08. The van der Waals surface area contributed by atoms with Crippen LogP contribution in [0.1, 0.15) is 21.8 Å². The number of primary amides is 1. The molecule has 3 N–H and O–H groups in total. The molecule has 0 radical (unpaired) electrons. The van der Waals surface area contributed by atoms with E-state index in [0.717, 1.165) is 0 Å². The molecular formula is C17H11Cl5N2O2.